The van der Waals surface area contributed by atoms with Crippen LogP contribution in [0.3, 0.4) is 0 Å². The molecule has 0 radical (unpaired) electrons. The number of nitrogens with one attached hydrogen (secondary N) is 1. The predicted octanol–water partition coefficient (Wildman–Crippen LogP) is 2.53. The van der Waals surface area contributed by atoms with Gasteiger partial charge < -0.3 is 5.32 Å². The Bertz CT molecular complexity index is 731. The maximum Gasteiger partial charge on any atom is 0.251 e. The molecule has 2 aromatic rings. The van der Waals surface area contributed by atoms with Gasteiger partial charge in [0, 0.05) is 16.7 Å². The van der Waals surface area contributed by atoms with Gasteiger partial charge in [-0.25, -0.2) is 8.42 Å². The van der Waals surface area contributed by atoms with Gasteiger partial charge in [-0.3, -0.25) is 4.79 Å². The minimum atomic E-state index is -3.05. The minimum absolute atomic E-state index is 0.0106. The standard InChI is InChI=1S/C15H17NO3S2/c1-11-7-8-20-14(11)9-16-15(17)13-5-3-12(4-6-13)10-21(2,18)19/h3-8H,9-10H2,1-2H3,(H,16,17). The zero-order valence-corrected chi connectivity index (χ0v) is 13.6. The number of sulfone groups is 1. The molecule has 0 unspecified atom stereocenters. The first-order valence-electron chi connectivity index (χ1n) is 6.43. The first-order valence-corrected chi connectivity index (χ1v) is 9.37. The quantitative estimate of drug-likeness (QED) is 0.919. The molecule has 4 nitrogen and oxygen atoms in total. The fourth-order valence-corrected chi connectivity index (χ4v) is 3.55. The van der Waals surface area contributed by atoms with Crippen LogP contribution in [-0.4, -0.2) is 20.6 Å². The van der Waals surface area contributed by atoms with E-state index in [1.165, 1.54) is 11.8 Å². The molecule has 0 fully saturated rings. The maximum atomic E-state index is 12.0. The Kier molecular flexibility index (Phi) is 4.80. The lowest BCUT2D eigenvalue weighted by atomic mass is 10.1. The van der Waals surface area contributed by atoms with Crippen molar-refractivity contribution in [1.82, 2.24) is 5.32 Å². The summed E-state index contributed by atoms with van der Waals surface area (Å²) in [5, 5.41) is 4.86. The lowest BCUT2D eigenvalue weighted by Gasteiger charge is -2.06. The molecule has 0 bridgehead atoms. The molecule has 0 spiro atoms. The summed E-state index contributed by atoms with van der Waals surface area (Å²) in [6.45, 7) is 2.52. The van der Waals surface area contributed by atoms with Gasteiger partial charge in [-0.05, 0) is 41.6 Å². The molecule has 1 aromatic carbocycles. The van der Waals surface area contributed by atoms with Crippen LogP contribution in [0.25, 0.3) is 0 Å². The minimum Gasteiger partial charge on any atom is -0.347 e. The number of hydrogen-bond donors (Lipinski definition) is 1. The highest BCUT2D eigenvalue weighted by atomic mass is 32.2. The van der Waals surface area contributed by atoms with Crippen LogP contribution < -0.4 is 5.32 Å². The molecule has 1 N–H and O–H groups in total. The largest absolute Gasteiger partial charge is 0.347 e. The van der Waals surface area contributed by atoms with Crippen molar-refractivity contribution in [1.29, 1.82) is 0 Å². The number of benzene rings is 1. The van der Waals surface area contributed by atoms with Crippen molar-refractivity contribution in [3.8, 4) is 0 Å². The van der Waals surface area contributed by atoms with Crippen molar-refractivity contribution in [2.45, 2.75) is 19.2 Å². The monoisotopic (exact) mass is 323 g/mol. The highest BCUT2D eigenvalue weighted by molar-refractivity contribution is 7.89. The molecular formula is C15H17NO3S2. The SMILES string of the molecule is Cc1ccsc1CNC(=O)c1ccc(CS(C)(=O)=O)cc1. The Morgan fingerprint density at radius 2 is 1.86 bits per heavy atom. The van der Waals surface area contributed by atoms with Gasteiger partial charge in [0.15, 0.2) is 9.84 Å². The first-order chi connectivity index (χ1) is 9.85. The van der Waals surface area contributed by atoms with E-state index in [4.69, 9.17) is 0 Å². The van der Waals surface area contributed by atoms with Crippen LogP contribution in [0.1, 0.15) is 26.4 Å². The van der Waals surface area contributed by atoms with Crippen LogP contribution in [0.5, 0.6) is 0 Å². The van der Waals surface area contributed by atoms with Crippen LogP contribution in [0.4, 0.5) is 0 Å². The Morgan fingerprint density at radius 1 is 1.19 bits per heavy atom. The number of hydrogen-bond acceptors (Lipinski definition) is 4. The van der Waals surface area contributed by atoms with E-state index in [0.29, 0.717) is 17.7 Å². The highest BCUT2D eigenvalue weighted by Crippen LogP contribution is 2.15. The summed E-state index contributed by atoms with van der Waals surface area (Å²) < 4.78 is 22.4. The lowest BCUT2D eigenvalue weighted by molar-refractivity contribution is 0.0951. The molecule has 0 saturated heterocycles. The normalized spacial score (nSPS) is 11.3. The van der Waals surface area contributed by atoms with Gasteiger partial charge in [0.25, 0.3) is 5.91 Å². The van der Waals surface area contributed by atoms with Crippen molar-refractivity contribution < 1.29 is 13.2 Å². The average Bonchev–Trinajstić information content (AvgIpc) is 2.80. The second-order valence-corrected chi connectivity index (χ2v) is 8.12. The van der Waals surface area contributed by atoms with Crippen molar-refractivity contribution >= 4 is 27.1 Å². The second-order valence-electron chi connectivity index (χ2n) is 4.98. The summed E-state index contributed by atoms with van der Waals surface area (Å²) in [4.78, 5) is 13.2. The fraction of sp³-hybridized carbons (Fsp3) is 0.267. The summed E-state index contributed by atoms with van der Waals surface area (Å²) in [6, 6.07) is 8.67. The van der Waals surface area contributed by atoms with E-state index < -0.39 is 9.84 Å². The van der Waals surface area contributed by atoms with Crippen LogP contribution in [0, 0.1) is 6.92 Å². The van der Waals surface area contributed by atoms with Crippen LogP contribution in [0.2, 0.25) is 0 Å². The number of carbonyl (C=O) groups is 1. The van der Waals surface area contributed by atoms with E-state index in [1.54, 1.807) is 35.6 Å². The second kappa shape index (κ2) is 6.41. The summed E-state index contributed by atoms with van der Waals surface area (Å²) in [6.07, 6.45) is 1.19. The molecule has 21 heavy (non-hydrogen) atoms. The number of aryl methyl sites for hydroxylation is 1. The highest BCUT2D eigenvalue weighted by Gasteiger charge is 2.09. The topological polar surface area (TPSA) is 63.2 Å². The van der Waals surface area contributed by atoms with Crippen LogP contribution in [-0.2, 0) is 22.1 Å². The lowest BCUT2D eigenvalue weighted by Crippen LogP contribution is -2.22. The molecule has 0 aliphatic rings. The average molecular weight is 323 g/mol. The van der Waals surface area contributed by atoms with E-state index >= 15 is 0 Å². The Morgan fingerprint density at radius 3 is 2.38 bits per heavy atom. The molecule has 112 valence electrons. The molecule has 1 amide bonds. The maximum absolute atomic E-state index is 12.0. The van der Waals surface area contributed by atoms with Crippen molar-refractivity contribution in [3.05, 3.63) is 57.3 Å². The molecule has 0 aliphatic heterocycles. The molecule has 6 heteroatoms. The number of thiophene rings is 1. The summed E-state index contributed by atoms with van der Waals surface area (Å²) >= 11 is 1.61. The summed E-state index contributed by atoms with van der Waals surface area (Å²) in [5.41, 5.74) is 2.38. The van der Waals surface area contributed by atoms with Gasteiger partial charge in [0.2, 0.25) is 0 Å². The zero-order valence-electron chi connectivity index (χ0n) is 11.9. The third kappa shape index (κ3) is 4.68. The fourth-order valence-electron chi connectivity index (χ4n) is 1.90. The van der Waals surface area contributed by atoms with E-state index in [9.17, 15) is 13.2 Å². The molecule has 0 aliphatic carbocycles. The summed E-state index contributed by atoms with van der Waals surface area (Å²) in [7, 11) is -3.05. The van der Waals surface area contributed by atoms with Gasteiger partial charge in [-0.2, -0.15) is 0 Å². The van der Waals surface area contributed by atoms with Crippen molar-refractivity contribution in [3.63, 3.8) is 0 Å². The number of carbonyl (C=O) groups excluding carboxylic acids is 1. The molecule has 1 heterocycles. The zero-order chi connectivity index (χ0) is 15.5. The third-order valence-corrected chi connectivity index (χ3v) is 4.90. The van der Waals surface area contributed by atoms with E-state index in [-0.39, 0.29) is 11.7 Å². The number of amides is 1. The molecule has 0 saturated carbocycles. The Hall–Kier alpha value is -1.66. The Labute approximate surface area is 128 Å². The van der Waals surface area contributed by atoms with E-state index in [1.807, 2.05) is 18.4 Å². The van der Waals surface area contributed by atoms with Crippen molar-refractivity contribution in [2.75, 3.05) is 6.26 Å². The third-order valence-electron chi connectivity index (χ3n) is 3.02. The van der Waals surface area contributed by atoms with Gasteiger partial charge in [-0.1, -0.05) is 12.1 Å². The molecule has 1 aromatic heterocycles. The summed E-state index contributed by atoms with van der Waals surface area (Å²) in [5.74, 6) is -0.169. The molecular weight excluding hydrogens is 306 g/mol. The van der Waals surface area contributed by atoms with Gasteiger partial charge in [-0.15, -0.1) is 11.3 Å². The van der Waals surface area contributed by atoms with Crippen LogP contribution >= 0.6 is 11.3 Å². The number of rotatable bonds is 5. The van der Waals surface area contributed by atoms with Crippen molar-refractivity contribution in [2.24, 2.45) is 0 Å². The van der Waals surface area contributed by atoms with E-state index in [0.717, 1.165) is 4.88 Å². The van der Waals surface area contributed by atoms with Gasteiger partial charge in [0.1, 0.15) is 0 Å². The van der Waals surface area contributed by atoms with E-state index in [2.05, 4.69) is 5.32 Å². The Balaban J connectivity index is 1.98. The predicted molar refractivity (Wildman–Crippen MR) is 85.2 cm³/mol. The van der Waals surface area contributed by atoms with Gasteiger partial charge >= 0.3 is 0 Å². The van der Waals surface area contributed by atoms with Crippen LogP contribution in [0.15, 0.2) is 35.7 Å². The van der Waals surface area contributed by atoms with Gasteiger partial charge in [0.05, 0.1) is 12.3 Å². The first kappa shape index (κ1) is 15.7. The smallest absolute Gasteiger partial charge is 0.251 e. The molecule has 0 atom stereocenters. The molecule has 2 rings (SSSR count).